The lowest BCUT2D eigenvalue weighted by atomic mass is 9.87. The molecule has 0 aliphatic heterocycles. The van der Waals surface area contributed by atoms with Crippen molar-refractivity contribution in [2.45, 2.75) is 45.1 Å². The third kappa shape index (κ3) is 5.67. The molecule has 2 aromatic heterocycles. The summed E-state index contributed by atoms with van der Waals surface area (Å²) in [5.74, 6) is 2.21. The van der Waals surface area contributed by atoms with Gasteiger partial charge in [0.05, 0.1) is 6.54 Å². The summed E-state index contributed by atoms with van der Waals surface area (Å²) < 4.78 is 1.94. The summed E-state index contributed by atoms with van der Waals surface area (Å²) in [7, 11) is 1.72. The fraction of sp³-hybridized carbons (Fsp3) is 0.579. The van der Waals surface area contributed by atoms with Crippen LogP contribution in [0.4, 0.5) is 0 Å². The van der Waals surface area contributed by atoms with E-state index >= 15 is 0 Å². The van der Waals surface area contributed by atoms with Crippen LogP contribution in [0.3, 0.4) is 0 Å². The number of aliphatic imine (C=N–C) groups is 1. The highest BCUT2D eigenvalue weighted by atomic mass is 16.1. The van der Waals surface area contributed by atoms with Gasteiger partial charge < -0.3 is 16.0 Å². The van der Waals surface area contributed by atoms with Gasteiger partial charge in [0.1, 0.15) is 0 Å². The van der Waals surface area contributed by atoms with Gasteiger partial charge in [0, 0.05) is 32.8 Å². The van der Waals surface area contributed by atoms with Gasteiger partial charge in [0.2, 0.25) is 5.91 Å². The van der Waals surface area contributed by atoms with Crippen molar-refractivity contribution in [3.63, 3.8) is 0 Å². The number of carbonyl (C=O) groups is 1. The highest BCUT2D eigenvalue weighted by molar-refractivity contribution is 5.79. The Morgan fingerprint density at radius 1 is 1.15 bits per heavy atom. The van der Waals surface area contributed by atoms with Gasteiger partial charge in [-0.3, -0.25) is 14.2 Å². The Morgan fingerprint density at radius 3 is 2.78 bits per heavy atom. The summed E-state index contributed by atoms with van der Waals surface area (Å²) >= 11 is 0. The molecule has 2 aromatic rings. The molecule has 0 radical (unpaired) electrons. The third-order valence-corrected chi connectivity index (χ3v) is 4.96. The molecule has 1 fully saturated rings. The Kier molecular flexibility index (Phi) is 7.01. The van der Waals surface area contributed by atoms with Gasteiger partial charge in [-0.25, -0.2) is 0 Å². The summed E-state index contributed by atoms with van der Waals surface area (Å²) in [6, 6.07) is 5.80. The van der Waals surface area contributed by atoms with Crippen LogP contribution in [0.25, 0.3) is 5.65 Å². The van der Waals surface area contributed by atoms with Crippen LogP contribution in [-0.4, -0.2) is 46.6 Å². The number of carbonyl (C=O) groups excluding carboxylic acids is 1. The van der Waals surface area contributed by atoms with Crippen LogP contribution in [0.1, 0.15) is 44.3 Å². The van der Waals surface area contributed by atoms with Crippen LogP contribution < -0.4 is 16.0 Å². The van der Waals surface area contributed by atoms with Crippen molar-refractivity contribution in [2.24, 2.45) is 10.9 Å². The topological polar surface area (TPSA) is 95.7 Å². The first-order chi connectivity index (χ1) is 13.3. The summed E-state index contributed by atoms with van der Waals surface area (Å²) in [6.45, 7) is 1.72. The van der Waals surface area contributed by atoms with Gasteiger partial charge in [-0.2, -0.15) is 0 Å². The highest BCUT2D eigenvalue weighted by Gasteiger charge is 2.16. The molecule has 8 heteroatoms. The molecule has 1 aliphatic carbocycles. The fourth-order valence-electron chi connectivity index (χ4n) is 3.50. The molecule has 3 rings (SSSR count). The molecule has 1 amide bonds. The fourth-order valence-corrected chi connectivity index (χ4v) is 3.50. The minimum Gasteiger partial charge on any atom is -0.355 e. The molecule has 1 saturated carbocycles. The van der Waals surface area contributed by atoms with E-state index in [0.717, 1.165) is 11.5 Å². The van der Waals surface area contributed by atoms with E-state index in [4.69, 9.17) is 0 Å². The van der Waals surface area contributed by atoms with E-state index in [9.17, 15) is 4.79 Å². The molecule has 0 atom stereocenters. The molecule has 8 nitrogen and oxygen atoms in total. The lowest BCUT2D eigenvalue weighted by Gasteiger charge is -2.20. The largest absolute Gasteiger partial charge is 0.355 e. The predicted octanol–water partition coefficient (Wildman–Crippen LogP) is 1.48. The summed E-state index contributed by atoms with van der Waals surface area (Å²) in [5, 5.41) is 17.7. The number of guanidine groups is 1. The first kappa shape index (κ1) is 19.1. The van der Waals surface area contributed by atoms with Crippen molar-refractivity contribution >= 4 is 17.5 Å². The summed E-state index contributed by atoms with van der Waals surface area (Å²) in [4.78, 5) is 16.2. The average molecular weight is 371 g/mol. The second-order valence-electron chi connectivity index (χ2n) is 6.96. The molecule has 0 saturated heterocycles. The normalized spacial score (nSPS) is 15.7. The number of hydrogen-bond acceptors (Lipinski definition) is 4. The number of hydrogen-bond donors (Lipinski definition) is 3. The smallest absolute Gasteiger partial charge is 0.220 e. The predicted molar refractivity (Wildman–Crippen MR) is 105 cm³/mol. The second-order valence-corrected chi connectivity index (χ2v) is 6.96. The molecule has 1 aliphatic rings. The monoisotopic (exact) mass is 371 g/mol. The molecule has 0 aromatic carbocycles. The molecule has 0 bridgehead atoms. The molecule has 0 spiro atoms. The van der Waals surface area contributed by atoms with E-state index in [1.54, 1.807) is 7.05 Å². The number of aromatic nitrogens is 3. The zero-order valence-corrected chi connectivity index (χ0v) is 15.9. The van der Waals surface area contributed by atoms with Crippen LogP contribution in [0, 0.1) is 5.92 Å². The van der Waals surface area contributed by atoms with Crippen molar-refractivity contribution in [2.75, 3.05) is 20.1 Å². The minimum absolute atomic E-state index is 0.154. The Bertz CT molecular complexity index is 764. The molecule has 0 unspecified atom stereocenters. The number of rotatable bonds is 7. The van der Waals surface area contributed by atoms with Crippen molar-refractivity contribution in [1.29, 1.82) is 0 Å². The lowest BCUT2D eigenvalue weighted by Crippen LogP contribution is -2.41. The van der Waals surface area contributed by atoms with E-state index in [-0.39, 0.29) is 5.91 Å². The first-order valence-corrected chi connectivity index (χ1v) is 9.76. The zero-order chi connectivity index (χ0) is 18.9. The Balaban J connectivity index is 1.35. The van der Waals surface area contributed by atoms with Crippen molar-refractivity contribution in [1.82, 2.24) is 30.5 Å². The van der Waals surface area contributed by atoms with Gasteiger partial charge in [-0.15, -0.1) is 10.2 Å². The number of nitrogens with zero attached hydrogens (tertiary/aromatic N) is 4. The molecular weight excluding hydrogens is 342 g/mol. The van der Waals surface area contributed by atoms with Crippen molar-refractivity contribution in [3.05, 3.63) is 30.2 Å². The van der Waals surface area contributed by atoms with Crippen LogP contribution in [0.15, 0.2) is 29.4 Å². The average Bonchev–Trinajstić information content (AvgIpc) is 3.11. The number of nitrogens with one attached hydrogen (secondary N) is 3. The van der Waals surface area contributed by atoms with E-state index in [1.165, 1.54) is 32.1 Å². The van der Waals surface area contributed by atoms with E-state index in [2.05, 4.69) is 31.1 Å². The standard InChI is InChI=1S/C19H29N7O/c1-20-19(23-14-17-25-24-16-9-5-6-12-26(16)17)22-11-10-21-18(27)13-15-7-3-2-4-8-15/h5-6,9,12,15H,2-4,7-8,10-11,13-14H2,1H3,(H,21,27)(H2,20,22,23). The maximum atomic E-state index is 12.0. The van der Waals surface area contributed by atoms with Gasteiger partial charge in [0.25, 0.3) is 0 Å². The van der Waals surface area contributed by atoms with E-state index in [1.807, 2.05) is 28.8 Å². The first-order valence-electron chi connectivity index (χ1n) is 9.76. The highest BCUT2D eigenvalue weighted by Crippen LogP contribution is 2.25. The second kappa shape index (κ2) is 9.89. The SMILES string of the molecule is CN=C(NCCNC(=O)CC1CCCCC1)NCc1nnc2ccccn12. The summed E-state index contributed by atoms with van der Waals surface area (Å²) in [5.41, 5.74) is 0.818. The molecular formula is C19H29N7O. The minimum atomic E-state index is 0.154. The number of fused-ring (bicyclic) bond motifs is 1. The van der Waals surface area contributed by atoms with E-state index in [0.29, 0.717) is 37.9 Å². The lowest BCUT2D eigenvalue weighted by molar-refractivity contribution is -0.122. The van der Waals surface area contributed by atoms with Gasteiger partial charge in [0.15, 0.2) is 17.4 Å². The summed E-state index contributed by atoms with van der Waals surface area (Å²) in [6.07, 6.45) is 8.83. The number of amides is 1. The molecule has 2 heterocycles. The third-order valence-electron chi connectivity index (χ3n) is 4.96. The molecule has 3 N–H and O–H groups in total. The molecule has 27 heavy (non-hydrogen) atoms. The zero-order valence-electron chi connectivity index (χ0n) is 15.9. The van der Waals surface area contributed by atoms with Crippen molar-refractivity contribution < 1.29 is 4.79 Å². The van der Waals surface area contributed by atoms with Gasteiger partial charge in [-0.05, 0) is 30.9 Å². The quantitative estimate of drug-likeness (QED) is 0.389. The van der Waals surface area contributed by atoms with Crippen LogP contribution in [0.5, 0.6) is 0 Å². The molecule has 146 valence electrons. The van der Waals surface area contributed by atoms with Gasteiger partial charge in [-0.1, -0.05) is 25.3 Å². The number of pyridine rings is 1. The Hall–Kier alpha value is -2.64. The van der Waals surface area contributed by atoms with Crippen LogP contribution >= 0.6 is 0 Å². The van der Waals surface area contributed by atoms with Crippen molar-refractivity contribution in [3.8, 4) is 0 Å². The van der Waals surface area contributed by atoms with Crippen LogP contribution in [-0.2, 0) is 11.3 Å². The van der Waals surface area contributed by atoms with Crippen LogP contribution in [0.2, 0.25) is 0 Å². The van der Waals surface area contributed by atoms with E-state index < -0.39 is 0 Å². The maximum Gasteiger partial charge on any atom is 0.220 e. The van der Waals surface area contributed by atoms with Gasteiger partial charge >= 0.3 is 0 Å². The Labute approximate surface area is 159 Å². The Morgan fingerprint density at radius 2 is 1.96 bits per heavy atom. The maximum absolute atomic E-state index is 12.0.